The maximum Gasteiger partial charge on any atom is 0.352 e. The average Bonchev–Trinajstić information content (AvgIpc) is 2.74. The van der Waals surface area contributed by atoms with Crippen LogP contribution < -0.4 is 9.64 Å². The molecule has 0 aromatic carbocycles. The number of rotatable bonds is 1. The van der Waals surface area contributed by atoms with Crippen LogP contribution in [-0.4, -0.2) is 35.3 Å². The molecule has 1 spiro atoms. The van der Waals surface area contributed by atoms with Gasteiger partial charge in [-0.2, -0.15) is 0 Å². The van der Waals surface area contributed by atoms with Crippen LogP contribution in [0, 0.1) is 0 Å². The van der Waals surface area contributed by atoms with E-state index in [0.29, 0.717) is 5.88 Å². The number of aromatic amines is 1. The number of aromatic carboxylic acids is 1. The van der Waals surface area contributed by atoms with Crippen LogP contribution in [0.5, 0.6) is 5.88 Å². The normalized spacial score (nSPS) is 21.5. The van der Waals surface area contributed by atoms with Gasteiger partial charge in [-0.05, 0) is 31.7 Å². The molecule has 1 aliphatic heterocycles. The van der Waals surface area contributed by atoms with E-state index in [0.717, 1.165) is 25.1 Å². The van der Waals surface area contributed by atoms with Crippen LogP contribution in [0.2, 0.25) is 0 Å². The summed E-state index contributed by atoms with van der Waals surface area (Å²) >= 11 is 0. The van der Waals surface area contributed by atoms with Crippen molar-refractivity contribution in [1.82, 2.24) is 4.98 Å². The molecule has 1 fully saturated rings. The van der Waals surface area contributed by atoms with Crippen molar-refractivity contribution in [2.24, 2.45) is 0 Å². The zero-order chi connectivity index (χ0) is 12.8. The van der Waals surface area contributed by atoms with Gasteiger partial charge in [0.05, 0.1) is 6.54 Å². The Morgan fingerprint density at radius 3 is 2.83 bits per heavy atom. The minimum atomic E-state index is -0.945. The van der Waals surface area contributed by atoms with Crippen LogP contribution >= 0.6 is 0 Å². The lowest BCUT2D eigenvalue weighted by Crippen LogP contribution is -2.50. The van der Waals surface area contributed by atoms with Crippen LogP contribution in [0.25, 0.3) is 0 Å². The number of likely N-dealkylation sites (N-methyl/N-ethyl adjacent to an activating group) is 1. The molecule has 0 saturated heterocycles. The van der Waals surface area contributed by atoms with E-state index in [1.807, 2.05) is 7.05 Å². The Morgan fingerprint density at radius 1 is 1.44 bits per heavy atom. The summed E-state index contributed by atoms with van der Waals surface area (Å²) in [7, 11) is 2.00. The van der Waals surface area contributed by atoms with Gasteiger partial charge in [0.2, 0.25) is 5.88 Å². The second-order valence-corrected chi connectivity index (χ2v) is 5.40. The van der Waals surface area contributed by atoms with Gasteiger partial charge < -0.3 is 19.7 Å². The Balaban J connectivity index is 1.93. The summed E-state index contributed by atoms with van der Waals surface area (Å²) in [6.45, 7) is 0.844. The first-order chi connectivity index (χ1) is 8.60. The lowest BCUT2D eigenvalue weighted by Gasteiger charge is -2.44. The molecule has 18 heavy (non-hydrogen) atoms. The Hall–Kier alpha value is -1.65. The van der Waals surface area contributed by atoms with E-state index in [9.17, 15) is 4.79 Å². The highest BCUT2D eigenvalue weighted by Crippen LogP contribution is 2.42. The first kappa shape index (κ1) is 11.4. The molecule has 2 aliphatic rings. The van der Waals surface area contributed by atoms with Crippen molar-refractivity contribution < 1.29 is 14.6 Å². The molecule has 1 saturated carbocycles. The Morgan fingerprint density at radius 2 is 2.17 bits per heavy atom. The summed E-state index contributed by atoms with van der Waals surface area (Å²) in [6.07, 6.45) is 5.76. The van der Waals surface area contributed by atoms with Crippen molar-refractivity contribution in [3.63, 3.8) is 0 Å². The standard InChI is InChI=1S/C13H18N2O3/c1-15-8-13(5-3-2-4-6-13)18-11-10(15)7-9(14-11)12(16)17/h7,14H,2-6,8H2,1H3,(H,16,17). The zero-order valence-corrected chi connectivity index (χ0v) is 10.5. The first-order valence-corrected chi connectivity index (χ1v) is 6.46. The predicted octanol–water partition coefficient (Wildman–Crippen LogP) is 2.24. The number of nitrogens with zero attached hydrogens (tertiary/aromatic N) is 1. The molecule has 1 aromatic heterocycles. The molecule has 0 radical (unpaired) electrons. The minimum Gasteiger partial charge on any atom is -0.477 e. The SMILES string of the molecule is CN1CC2(CCCCC2)Oc2[nH]c(C(=O)O)cc21. The Kier molecular flexibility index (Phi) is 2.50. The number of hydrogen-bond donors (Lipinski definition) is 2. The third-order valence-corrected chi connectivity index (χ3v) is 4.01. The van der Waals surface area contributed by atoms with Crippen molar-refractivity contribution in [2.75, 3.05) is 18.5 Å². The molecule has 5 nitrogen and oxygen atoms in total. The van der Waals surface area contributed by atoms with Gasteiger partial charge in [0, 0.05) is 7.05 Å². The van der Waals surface area contributed by atoms with Crippen molar-refractivity contribution in [1.29, 1.82) is 0 Å². The molecule has 0 atom stereocenters. The second-order valence-electron chi connectivity index (χ2n) is 5.40. The third kappa shape index (κ3) is 1.74. The van der Waals surface area contributed by atoms with E-state index in [4.69, 9.17) is 9.84 Å². The van der Waals surface area contributed by atoms with Crippen LogP contribution in [0.1, 0.15) is 42.6 Å². The van der Waals surface area contributed by atoms with Gasteiger partial charge in [0.25, 0.3) is 0 Å². The number of H-pyrrole nitrogens is 1. The number of hydrogen-bond acceptors (Lipinski definition) is 3. The van der Waals surface area contributed by atoms with E-state index in [1.165, 1.54) is 19.3 Å². The zero-order valence-electron chi connectivity index (χ0n) is 10.5. The van der Waals surface area contributed by atoms with Gasteiger partial charge in [-0.1, -0.05) is 6.42 Å². The summed E-state index contributed by atoms with van der Waals surface area (Å²) < 4.78 is 6.10. The number of aromatic nitrogens is 1. The molecule has 1 aromatic rings. The molecular weight excluding hydrogens is 232 g/mol. The minimum absolute atomic E-state index is 0.124. The monoisotopic (exact) mass is 250 g/mol. The quantitative estimate of drug-likeness (QED) is 0.802. The summed E-state index contributed by atoms with van der Waals surface area (Å²) in [5.41, 5.74) is 0.920. The maximum absolute atomic E-state index is 11.0. The van der Waals surface area contributed by atoms with Crippen LogP contribution in [0.15, 0.2) is 6.07 Å². The number of nitrogens with one attached hydrogen (secondary N) is 1. The highest BCUT2D eigenvalue weighted by Gasteiger charge is 2.40. The Labute approximate surface area is 106 Å². The van der Waals surface area contributed by atoms with Crippen LogP contribution in [0.4, 0.5) is 5.69 Å². The number of carboxylic acids is 1. The van der Waals surface area contributed by atoms with Crippen molar-refractivity contribution in [3.05, 3.63) is 11.8 Å². The summed E-state index contributed by atoms with van der Waals surface area (Å²) in [5, 5.41) is 9.02. The molecule has 0 unspecified atom stereocenters. The number of carbonyl (C=O) groups is 1. The second kappa shape index (κ2) is 3.93. The van der Waals surface area contributed by atoms with E-state index in [2.05, 4.69) is 9.88 Å². The predicted molar refractivity (Wildman–Crippen MR) is 67.5 cm³/mol. The largest absolute Gasteiger partial charge is 0.477 e. The molecular formula is C13H18N2O3. The topological polar surface area (TPSA) is 65.6 Å². The van der Waals surface area contributed by atoms with Gasteiger partial charge in [-0.3, -0.25) is 0 Å². The van der Waals surface area contributed by atoms with Crippen molar-refractivity contribution >= 4 is 11.7 Å². The third-order valence-electron chi connectivity index (χ3n) is 4.01. The molecule has 3 rings (SSSR count). The summed E-state index contributed by atoms with van der Waals surface area (Å²) in [6, 6.07) is 1.65. The lowest BCUT2D eigenvalue weighted by atomic mass is 9.83. The summed E-state index contributed by atoms with van der Waals surface area (Å²) in [4.78, 5) is 16.0. The number of ether oxygens (including phenoxy) is 1. The molecule has 0 amide bonds. The van der Waals surface area contributed by atoms with Crippen LogP contribution in [-0.2, 0) is 0 Å². The fourth-order valence-corrected chi connectivity index (χ4v) is 3.12. The molecule has 2 N–H and O–H groups in total. The van der Waals surface area contributed by atoms with Gasteiger partial charge in [-0.25, -0.2) is 4.79 Å². The van der Waals surface area contributed by atoms with Crippen LogP contribution in [0.3, 0.4) is 0 Å². The number of anilines is 1. The number of carboxylic acid groups (broad SMARTS) is 1. The van der Waals surface area contributed by atoms with E-state index >= 15 is 0 Å². The van der Waals surface area contributed by atoms with E-state index in [-0.39, 0.29) is 11.3 Å². The molecule has 5 heteroatoms. The molecule has 0 bridgehead atoms. The lowest BCUT2D eigenvalue weighted by molar-refractivity contribution is 0.0258. The van der Waals surface area contributed by atoms with Crippen molar-refractivity contribution in [3.8, 4) is 5.88 Å². The highest BCUT2D eigenvalue weighted by molar-refractivity contribution is 5.88. The fraction of sp³-hybridized carbons (Fsp3) is 0.615. The van der Waals surface area contributed by atoms with E-state index < -0.39 is 5.97 Å². The highest BCUT2D eigenvalue weighted by atomic mass is 16.5. The molecule has 2 heterocycles. The maximum atomic E-state index is 11.0. The number of fused-ring (bicyclic) bond motifs is 1. The average molecular weight is 250 g/mol. The van der Waals surface area contributed by atoms with Crippen molar-refractivity contribution in [2.45, 2.75) is 37.7 Å². The van der Waals surface area contributed by atoms with E-state index in [1.54, 1.807) is 6.07 Å². The van der Waals surface area contributed by atoms with Gasteiger partial charge >= 0.3 is 5.97 Å². The molecule has 1 aliphatic carbocycles. The first-order valence-electron chi connectivity index (χ1n) is 6.46. The summed E-state index contributed by atoms with van der Waals surface area (Å²) in [5.74, 6) is -0.331. The smallest absolute Gasteiger partial charge is 0.352 e. The Bertz CT molecular complexity index is 475. The van der Waals surface area contributed by atoms with Gasteiger partial charge in [-0.15, -0.1) is 0 Å². The molecule has 98 valence electrons. The van der Waals surface area contributed by atoms with Gasteiger partial charge in [0.15, 0.2) is 0 Å². The fourth-order valence-electron chi connectivity index (χ4n) is 3.12. The van der Waals surface area contributed by atoms with Gasteiger partial charge in [0.1, 0.15) is 17.0 Å².